The molecule has 0 aliphatic heterocycles. The predicted octanol–water partition coefficient (Wildman–Crippen LogP) is -18.7. The molecule has 0 bridgehead atoms. The molecule has 4 aromatic carbocycles. The topological polar surface area (TPSA) is 460 Å². The Hall–Kier alpha value is 0.980. The number of phenols is 1. The van der Waals surface area contributed by atoms with Crippen molar-refractivity contribution >= 4 is 116 Å². The number of carboxylic acids is 2. The fourth-order valence-corrected chi connectivity index (χ4v) is 8.92. The van der Waals surface area contributed by atoms with Gasteiger partial charge in [-0.15, -0.1) is 24.8 Å². The van der Waals surface area contributed by atoms with E-state index < -0.39 is 153 Å². The zero-order valence-electron chi connectivity index (χ0n) is 35.7. The molecule has 0 radical (unpaired) electrons. The quantitative estimate of drug-likeness (QED) is 0.00849. The first-order valence-electron chi connectivity index (χ1n) is 15.5. The number of anilines is 1. The molecule has 0 aliphatic carbocycles. The van der Waals surface area contributed by atoms with Gasteiger partial charge in [-0.05, 0) is 53.9 Å². The minimum Gasteiger partial charge on any atom is -0.744 e. The van der Waals surface area contributed by atoms with Gasteiger partial charge in [-0.1, -0.05) is 7.43 Å². The molecule has 0 saturated heterocycles. The minimum absolute atomic E-state index is 0. The molecule has 4 rings (SSSR count). The van der Waals surface area contributed by atoms with Crippen molar-refractivity contribution in [2.24, 2.45) is 20.5 Å². The maximum Gasteiger partial charge on any atom is 1.00 e. The Labute approximate surface area is 533 Å². The number of aromatic hydroxyl groups is 1. The maximum atomic E-state index is 12.7. The first-order chi connectivity index (χ1) is 28.9. The van der Waals surface area contributed by atoms with Crippen molar-refractivity contribution in [3.05, 3.63) is 59.7 Å². The predicted molar refractivity (Wildman–Crippen MR) is 198 cm³/mol. The normalized spacial score (nSPS) is 11.5. The van der Waals surface area contributed by atoms with Gasteiger partial charge in [0.05, 0.1) is 90.7 Å². The van der Waals surface area contributed by atoms with Gasteiger partial charge in [-0.3, -0.25) is 18.4 Å². The number of carboxylic acid groups (broad SMARTS) is 2. The number of benzene rings is 4. The van der Waals surface area contributed by atoms with Crippen LogP contribution in [0.3, 0.4) is 0 Å². The first-order valence-corrected chi connectivity index (χ1v) is 22.9. The van der Waals surface area contributed by atoms with Gasteiger partial charge in [0.1, 0.15) is 21.5 Å². The molecule has 28 nitrogen and oxygen atoms in total. The number of nitrogen functional groups attached to an aromatic ring is 1. The Balaban J connectivity index is -0.00000302. The van der Waals surface area contributed by atoms with Gasteiger partial charge in [-0.2, -0.15) is 4.33 Å². The van der Waals surface area contributed by atoms with Gasteiger partial charge in [0.15, 0.2) is 37.7 Å². The zero-order valence-corrected chi connectivity index (χ0v) is 52.6. The number of aromatic carboxylic acids is 2. The molecule has 344 valence electrons. The summed E-state index contributed by atoms with van der Waals surface area (Å²) in [6, 6.07) is 5.82. The molecular formula is C29H23N5Na6O23S6. The van der Waals surface area contributed by atoms with Gasteiger partial charge in [-0.25, -0.2) is 33.7 Å². The maximum absolute atomic E-state index is 12.7. The van der Waals surface area contributed by atoms with Gasteiger partial charge < -0.3 is 50.3 Å². The average molecular weight is 1140 g/mol. The minimum atomic E-state index is -5.60. The number of nitrogens with zero attached hydrogens (tertiary/aromatic N) is 4. The van der Waals surface area contributed by atoms with E-state index in [9.17, 15) is 78.2 Å². The number of carbonyl (C=O) groups is 2. The molecule has 4 aromatic rings. The van der Waals surface area contributed by atoms with E-state index in [4.69, 9.17) is 5.73 Å². The van der Waals surface area contributed by atoms with Crippen LogP contribution < -0.4 is 204 Å². The van der Waals surface area contributed by atoms with Gasteiger partial charge in [0, 0.05) is 11.1 Å². The van der Waals surface area contributed by atoms with E-state index in [0.29, 0.717) is 24.3 Å². The summed E-state index contributed by atoms with van der Waals surface area (Å²) in [4.78, 5) is 20.9. The Bertz CT molecular complexity index is 2940. The standard InChI is InChI=1S/C28H25N5O23S6.CH4.6Na/c29-23-22-13(10-21(61(45,46)47)25(23)33-31-19-4-2-15(12-17(19)28(37)38)60(43,44)8-6-52-62(48,49)50)9-20(57-55-53-39)24(26(22)34)32-30-18-3-1-14(11-16(18)27(35)36)59(41,42)7-5-51-58-56-54-40;;;;;;;/h1-4,9-12,34,39-40H,5-8,29H2,(H,35,36)(H,37,38)(H,45,46,47)(H,48,49,50);1H4;;;;;;/q;;6*+1/p-6. The molecular weight excluding hydrogens is 1120 g/mol. The third kappa shape index (κ3) is 21.9. The summed E-state index contributed by atoms with van der Waals surface area (Å²) in [5, 5.41) is 75.8. The van der Waals surface area contributed by atoms with Crippen LogP contribution in [0.4, 0.5) is 28.4 Å². The molecule has 40 heteroatoms. The summed E-state index contributed by atoms with van der Waals surface area (Å²) in [6.45, 7) is -1.71. The second-order valence-corrected chi connectivity index (χ2v) is 19.1. The van der Waals surface area contributed by atoms with Crippen molar-refractivity contribution in [1.29, 1.82) is 0 Å². The third-order valence-corrected chi connectivity index (χ3v) is 13.1. The smallest absolute Gasteiger partial charge is 0.744 e. The van der Waals surface area contributed by atoms with Gasteiger partial charge in [0.2, 0.25) is 10.4 Å². The number of hydrogen-bond donors (Lipinski definition) is 2. The Morgan fingerprint density at radius 1 is 0.667 bits per heavy atom. The van der Waals surface area contributed by atoms with Crippen LogP contribution in [0, 0.1) is 0 Å². The van der Waals surface area contributed by atoms with E-state index >= 15 is 0 Å². The SMILES string of the molecule is C.Nc1c(N=Nc2ccc(S(=O)(=O)CCOS(=O)(=O)[O-])cc2C(=O)[O-])c(S(=O)(=O)[O-])cc2cc(SOO[O-])c(N=Nc3ccc(S(=O)(=O)CCOSOO[O-])cc3C(=O)[O-])c(O)c12.[Na+].[Na+].[Na+].[Na+].[Na+].[Na+]. The van der Waals surface area contributed by atoms with Crippen molar-refractivity contribution in [2.45, 2.75) is 27.0 Å². The number of rotatable bonds is 22. The average Bonchev–Trinajstić information content (AvgIpc) is 3.17. The van der Waals surface area contributed by atoms with Crippen LogP contribution in [0.2, 0.25) is 0 Å². The second-order valence-electron chi connectivity index (χ2n) is 11.2. The van der Waals surface area contributed by atoms with Crippen molar-refractivity contribution in [1.82, 2.24) is 0 Å². The van der Waals surface area contributed by atoms with E-state index in [1.54, 1.807) is 0 Å². The Morgan fingerprint density at radius 2 is 1.13 bits per heavy atom. The van der Waals surface area contributed by atoms with Crippen molar-refractivity contribution in [3.8, 4) is 5.75 Å². The number of carbonyl (C=O) groups excluding carboxylic acids is 2. The van der Waals surface area contributed by atoms with E-state index in [-0.39, 0.29) is 209 Å². The number of sulfone groups is 2. The Kier molecular flexibility index (Phi) is 37.6. The monoisotopic (exact) mass is 1140 g/mol. The summed E-state index contributed by atoms with van der Waals surface area (Å²) in [5.74, 6) is -7.00. The van der Waals surface area contributed by atoms with Crippen LogP contribution in [-0.2, 0) is 67.3 Å². The fraction of sp³-hybridized carbons (Fsp3) is 0.172. The molecule has 0 amide bonds. The Morgan fingerprint density at radius 3 is 1.57 bits per heavy atom. The van der Waals surface area contributed by atoms with Crippen LogP contribution in [0.5, 0.6) is 5.75 Å². The third-order valence-electron chi connectivity index (χ3n) is 7.46. The van der Waals surface area contributed by atoms with E-state index in [2.05, 4.69) is 47.6 Å². The summed E-state index contributed by atoms with van der Waals surface area (Å²) in [5.41, 5.74) is 0.277. The van der Waals surface area contributed by atoms with Crippen LogP contribution >= 0.6 is 24.4 Å². The molecule has 0 aromatic heterocycles. The van der Waals surface area contributed by atoms with Crippen LogP contribution in [0.25, 0.3) is 10.8 Å². The summed E-state index contributed by atoms with van der Waals surface area (Å²) < 4.78 is 137. The number of azo groups is 2. The molecule has 0 atom stereocenters. The molecule has 0 saturated carbocycles. The van der Waals surface area contributed by atoms with E-state index in [1.807, 2.05) is 0 Å². The molecule has 0 unspecified atom stereocenters. The van der Waals surface area contributed by atoms with Crippen molar-refractivity contribution in [3.63, 3.8) is 0 Å². The summed E-state index contributed by atoms with van der Waals surface area (Å²) >= 11 is 0.0325. The molecule has 0 fully saturated rings. The largest absolute Gasteiger partial charge is 1.00 e. The van der Waals surface area contributed by atoms with Crippen LogP contribution in [0.1, 0.15) is 28.1 Å². The summed E-state index contributed by atoms with van der Waals surface area (Å²) in [7, 11) is -19.7. The molecule has 0 heterocycles. The molecule has 0 spiro atoms. The van der Waals surface area contributed by atoms with E-state index in [0.717, 1.165) is 24.3 Å². The summed E-state index contributed by atoms with van der Waals surface area (Å²) in [6.07, 6.45) is 0. The molecule has 3 N–H and O–H groups in total. The zero-order chi connectivity index (χ0) is 46.2. The van der Waals surface area contributed by atoms with Crippen molar-refractivity contribution in [2.75, 3.05) is 30.5 Å². The van der Waals surface area contributed by atoms with Crippen LogP contribution in [-0.4, -0.2) is 84.5 Å². The second kappa shape index (κ2) is 33.9. The molecule has 0 aliphatic rings. The van der Waals surface area contributed by atoms with Crippen molar-refractivity contribution < 1.29 is 283 Å². The van der Waals surface area contributed by atoms with Crippen LogP contribution in [0.15, 0.2) is 88.6 Å². The number of phenolic OH excluding ortho intramolecular Hbond substituents is 1. The number of nitrogens with two attached hydrogens (primary N) is 1. The first kappa shape index (κ1) is 76.5. The number of fused-ring (bicyclic) bond motifs is 1. The molecule has 69 heavy (non-hydrogen) atoms. The fourth-order valence-electron chi connectivity index (χ4n) is 4.83. The van der Waals surface area contributed by atoms with Gasteiger partial charge in [0.25, 0.3) is 0 Å². The number of hydrogen-bond acceptors (Lipinski definition) is 30. The van der Waals surface area contributed by atoms with Gasteiger partial charge >= 0.3 is 177 Å². The van der Waals surface area contributed by atoms with E-state index in [1.165, 1.54) is 0 Å².